The molecule has 0 radical (unpaired) electrons. The highest BCUT2D eigenvalue weighted by molar-refractivity contribution is 7.89. The summed E-state index contributed by atoms with van der Waals surface area (Å²) in [6.07, 6.45) is 6.01. The van der Waals surface area contributed by atoms with Gasteiger partial charge in [0, 0.05) is 24.7 Å². The molecule has 8 nitrogen and oxygen atoms in total. The number of nitro groups is 1. The number of hydrogen-bond donors (Lipinski definition) is 2. The summed E-state index contributed by atoms with van der Waals surface area (Å²) in [5.41, 5.74) is 7.19. The Morgan fingerprint density at radius 2 is 1.69 bits per heavy atom. The highest BCUT2D eigenvalue weighted by Crippen LogP contribution is 2.17. The Bertz CT molecular complexity index is 920. The predicted octanol–water partition coefficient (Wildman–Crippen LogP) is 4.15. The third-order valence-electron chi connectivity index (χ3n) is 5.24. The molecule has 0 aliphatic heterocycles. The Morgan fingerprint density at radius 1 is 1.03 bits per heavy atom. The molecule has 0 aliphatic rings. The number of rotatable bonds is 15. The number of non-ortho nitro benzene ring substituents is 1. The molecule has 0 saturated heterocycles. The molecule has 0 heterocycles. The molecule has 0 bridgehead atoms. The van der Waals surface area contributed by atoms with Crippen LogP contribution in [0.15, 0.2) is 59.5 Å². The maximum Gasteiger partial charge on any atom is 0.269 e. The van der Waals surface area contributed by atoms with Gasteiger partial charge in [0.05, 0.1) is 22.5 Å². The van der Waals surface area contributed by atoms with Gasteiger partial charge in [-0.1, -0.05) is 69.4 Å². The molecule has 0 aromatic heterocycles. The van der Waals surface area contributed by atoms with Crippen LogP contribution in [0.1, 0.15) is 51.0 Å². The standard InChI is InChI=1S/C23H33N3O5S/c1-2-3-4-5-9-12-23(31-18-19-10-7-6-8-11-19)22(24)17-25-32(29,30)21-15-13-20(14-16-21)26(27)28/h6-8,10-11,13-16,22-23,25H,2-5,9,12,17-18,24H2,1H3/t22-,23+/m0/s1. The largest absolute Gasteiger partial charge is 0.372 e. The summed E-state index contributed by atoms with van der Waals surface area (Å²) in [7, 11) is -3.84. The van der Waals surface area contributed by atoms with Gasteiger partial charge in [-0.2, -0.15) is 0 Å². The zero-order valence-corrected chi connectivity index (χ0v) is 19.3. The molecule has 32 heavy (non-hydrogen) atoms. The minimum absolute atomic E-state index is 0.00768. The summed E-state index contributed by atoms with van der Waals surface area (Å²) >= 11 is 0. The van der Waals surface area contributed by atoms with Crippen molar-refractivity contribution in [2.75, 3.05) is 6.54 Å². The first kappa shape index (κ1) is 25.9. The number of nitrogens with two attached hydrogens (primary N) is 1. The molecule has 3 N–H and O–H groups in total. The van der Waals surface area contributed by atoms with Gasteiger partial charge in [0.1, 0.15) is 0 Å². The van der Waals surface area contributed by atoms with E-state index < -0.39 is 21.0 Å². The van der Waals surface area contributed by atoms with E-state index in [0.717, 1.165) is 49.8 Å². The van der Waals surface area contributed by atoms with Gasteiger partial charge < -0.3 is 10.5 Å². The molecule has 176 valence electrons. The first-order valence-electron chi connectivity index (χ1n) is 11.0. The Hall–Kier alpha value is -2.33. The fraction of sp³-hybridized carbons (Fsp3) is 0.478. The number of benzene rings is 2. The van der Waals surface area contributed by atoms with Gasteiger partial charge >= 0.3 is 0 Å². The molecule has 0 fully saturated rings. The minimum atomic E-state index is -3.84. The highest BCUT2D eigenvalue weighted by atomic mass is 32.2. The normalized spacial score (nSPS) is 13.6. The number of nitrogens with one attached hydrogen (secondary N) is 1. The summed E-state index contributed by atoms with van der Waals surface area (Å²) in [6, 6.07) is 14.0. The van der Waals surface area contributed by atoms with E-state index in [1.54, 1.807) is 0 Å². The molecule has 2 aromatic rings. The van der Waals surface area contributed by atoms with Crippen LogP contribution in [-0.2, 0) is 21.4 Å². The average molecular weight is 464 g/mol. The van der Waals surface area contributed by atoms with Crippen LogP contribution in [0.3, 0.4) is 0 Å². The lowest BCUT2D eigenvalue weighted by molar-refractivity contribution is -0.384. The maximum absolute atomic E-state index is 12.6. The number of unbranched alkanes of at least 4 members (excludes halogenated alkanes) is 4. The first-order valence-corrected chi connectivity index (χ1v) is 12.5. The Kier molecular flexibility index (Phi) is 10.8. The summed E-state index contributed by atoms with van der Waals surface area (Å²) in [4.78, 5) is 10.2. The maximum atomic E-state index is 12.6. The van der Waals surface area contributed by atoms with Gasteiger partial charge in [-0.05, 0) is 24.1 Å². The van der Waals surface area contributed by atoms with Crippen molar-refractivity contribution in [3.05, 3.63) is 70.3 Å². The van der Waals surface area contributed by atoms with Gasteiger partial charge in [-0.25, -0.2) is 13.1 Å². The van der Waals surface area contributed by atoms with Crippen molar-refractivity contribution in [3.8, 4) is 0 Å². The molecule has 0 unspecified atom stereocenters. The highest BCUT2D eigenvalue weighted by Gasteiger charge is 2.22. The van der Waals surface area contributed by atoms with Crippen LogP contribution in [0.25, 0.3) is 0 Å². The lowest BCUT2D eigenvalue weighted by Gasteiger charge is -2.25. The van der Waals surface area contributed by atoms with E-state index in [4.69, 9.17) is 10.5 Å². The van der Waals surface area contributed by atoms with Crippen molar-refractivity contribution < 1.29 is 18.1 Å². The SMILES string of the molecule is CCCCCCC[C@@H](OCc1ccccc1)[C@@H](N)CNS(=O)(=O)c1ccc([N+](=O)[O-])cc1. The third kappa shape index (κ3) is 8.66. The van der Waals surface area contributed by atoms with E-state index in [1.807, 2.05) is 30.3 Å². The Morgan fingerprint density at radius 3 is 2.31 bits per heavy atom. The number of hydrogen-bond acceptors (Lipinski definition) is 6. The van der Waals surface area contributed by atoms with Crippen molar-refractivity contribution in [2.24, 2.45) is 5.73 Å². The molecule has 0 amide bonds. The summed E-state index contributed by atoms with van der Waals surface area (Å²) in [6.45, 7) is 2.58. The molecule has 0 aliphatic carbocycles. The van der Waals surface area contributed by atoms with E-state index in [0.29, 0.717) is 6.61 Å². The number of nitrogens with zero attached hydrogens (tertiary/aromatic N) is 1. The predicted molar refractivity (Wildman–Crippen MR) is 125 cm³/mol. The van der Waals surface area contributed by atoms with Gasteiger partial charge in [0.25, 0.3) is 5.69 Å². The number of nitro benzene ring substituents is 1. The molecule has 0 saturated carbocycles. The van der Waals surface area contributed by atoms with Crippen molar-refractivity contribution in [2.45, 2.75) is 69.1 Å². The molecule has 9 heteroatoms. The van der Waals surface area contributed by atoms with Gasteiger partial charge in [-0.15, -0.1) is 0 Å². The molecule has 0 spiro atoms. The zero-order chi connectivity index (χ0) is 23.4. The fourth-order valence-corrected chi connectivity index (χ4v) is 4.39. The van der Waals surface area contributed by atoms with E-state index in [2.05, 4.69) is 11.6 Å². The summed E-state index contributed by atoms with van der Waals surface area (Å²) in [5, 5.41) is 10.8. The van der Waals surface area contributed by atoms with Crippen LogP contribution in [-0.4, -0.2) is 32.0 Å². The third-order valence-corrected chi connectivity index (χ3v) is 6.68. The second kappa shape index (κ2) is 13.3. The smallest absolute Gasteiger partial charge is 0.269 e. The average Bonchev–Trinajstić information content (AvgIpc) is 2.80. The van der Waals surface area contributed by atoms with Crippen molar-refractivity contribution in [1.29, 1.82) is 0 Å². The Labute approximate surface area is 190 Å². The molecule has 2 aromatic carbocycles. The monoisotopic (exact) mass is 463 g/mol. The fourth-order valence-electron chi connectivity index (χ4n) is 3.32. The van der Waals surface area contributed by atoms with Gasteiger partial charge in [0.15, 0.2) is 0 Å². The molecular weight excluding hydrogens is 430 g/mol. The lowest BCUT2D eigenvalue weighted by Crippen LogP contribution is -2.46. The topological polar surface area (TPSA) is 125 Å². The van der Waals surface area contributed by atoms with Crippen molar-refractivity contribution in [1.82, 2.24) is 4.72 Å². The second-order valence-electron chi connectivity index (χ2n) is 7.80. The van der Waals surface area contributed by atoms with Crippen LogP contribution in [0.5, 0.6) is 0 Å². The quantitative estimate of drug-likeness (QED) is 0.232. The summed E-state index contributed by atoms with van der Waals surface area (Å²) < 4.78 is 33.7. The van der Waals surface area contributed by atoms with Crippen LogP contribution in [0.2, 0.25) is 0 Å². The van der Waals surface area contributed by atoms with Crippen molar-refractivity contribution >= 4 is 15.7 Å². The number of ether oxygens (including phenoxy) is 1. The molecule has 2 atom stereocenters. The number of sulfonamides is 1. The molecule has 2 rings (SSSR count). The lowest BCUT2D eigenvalue weighted by atomic mass is 10.0. The van der Waals surface area contributed by atoms with Gasteiger partial charge in [-0.3, -0.25) is 10.1 Å². The zero-order valence-electron chi connectivity index (χ0n) is 18.5. The molecular formula is C23H33N3O5S. The first-order chi connectivity index (χ1) is 15.3. The van der Waals surface area contributed by atoms with Gasteiger partial charge in [0.2, 0.25) is 10.0 Å². The van der Waals surface area contributed by atoms with Crippen molar-refractivity contribution in [3.63, 3.8) is 0 Å². The summed E-state index contributed by atoms with van der Waals surface area (Å²) in [5.74, 6) is 0. The minimum Gasteiger partial charge on any atom is -0.372 e. The second-order valence-corrected chi connectivity index (χ2v) is 9.57. The Balaban J connectivity index is 1.96. The van der Waals surface area contributed by atoms with Crippen LogP contribution in [0, 0.1) is 10.1 Å². The van der Waals surface area contributed by atoms with E-state index in [1.165, 1.54) is 18.6 Å². The van der Waals surface area contributed by atoms with Crippen LogP contribution >= 0.6 is 0 Å². The van der Waals surface area contributed by atoms with E-state index >= 15 is 0 Å². The van der Waals surface area contributed by atoms with Crippen LogP contribution < -0.4 is 10.5 Å². The van der Waals surface area contributed by atoms with E-state index in [-0.39, 0.29) is 23.2 Å². The van der Waals surface area contributed by atoms with Crippen LogP contribution in [0.4, 0.5) is 5.69 Å². The van der Waals surface area contributed by atoms with E-state index in [9.17, 15) is 18.5 Å².